The SMILES string of the molecule is CC(F)(F)c1cc(Oc2ccccc2)c(C(=O)N[C@H](/C=C/S(=O)(=O)Cc2cnc[nH]2)C2CC2)s1. The van der Waals surface area contributed by atoms with Crippen molar-refractivity contribution in [1.29, 1.82) is 0 Å². The summed E-state index contributed by atoms with van der Waals surface area (Å²) < 4.78 is 58.6. The first kappa shape index (κ1) is 24.1. The number of ether oxygens (including phenoxy) is 1. The van der Waals surface area contributed by atoms with Gasteiger partial charge >= 0.3 is 0 Å². The molecule has 1 saturated carbocycles. The molecule has 1 amide bonds. The summed E-state index contributed by atoms with van der Waals surface area (Å²) in [6.07, 6.45) is 5.92. The summed E-state index contributed by atoms with van der Waals surface area (Å²) in [5, 5.41) is 3.87. The maximum absolute atomic E-state index is 14.0. The van der Waals surface area contributed by atoms with E-state index in [9.17, 15) is 22.0 Å². The van der Waals surface area contributed by atoms with Crippen LogP contribution < -0.4 is 10.1 Å². The minimum Gasteiger partial charge on any atom is -0.456 e. The molecule has 1 aliphatic carbocycles. The molecule has 2 N–H and O–H groups in total. The van der Waals surface area contributed by atoms with Gasteiger partial charge in [0.1, 0.15) is 10.6 Å². The smallest absolute Gasteiger partial charge is 0.279 e. The van der Waals surface area contributed by atoms with Crippen LogP contribution in [0.25, 0.3) is 0 Å². The van der Waals surface area contributed by atoms with Crippen molar-refractivity contribution in [2.24, 2.45) is 5.92 Å². The molecule has 1 atom stereocenters. The number of aromatic amines is 1. The number of sulfone groups is 1. The lowest BCUT2D eigenvalue weighted by Gasteiger charge is -2.14. The fraction of sp³-hybridized carbons (Fsp3) is 0.304. The number of nitrogens with one attached hydrogen (secondary N) is 2. The van der Waals surface area contributed by atoms with E-state index in [0.717, 1.165) is 25.2 Å². The van der Waals surface area contributed by atoms with E-state index in [2.05, 4.69) is 15.3 Å². The van der Waals surface area contributed by atoms with E-state index in [0.29, 0.717) is 22.8 Å². The summed E-state index contributed by atoms with van der Waals surface area (Å²) in [5.41, 5.74) is 0.450. The number of nitrogens with zero attached hydrogens (tertiary/aromatic N) is 1. The monoisotopic (exact) mass is 507 g/mol. The number of para-hydroxylation sites is 1. The molecule has 0 saturated heterocycles. The number of hydrogen-bond donors (Lipinski definition) is 2. The number of H-pyrrole nitrogens is 1. The molecule has 0 bridgehead atoms. The lowest BCUT2D eigenvalue weighted by atomic mass is 10.2. The van der Waals surface area contributed by atoms with Crippen molar-refractivity contribution < 1.29 is 26.7 Å². The van der Waals surface area contributed by atoms with Crippen LogP contribution in [0.4, 0.5) is 8.78 Å². The highest BCUT2D eigenvalue weighted by Gasteiger charge is 2.34. The lowest BCUT2D eigenvalue weighted by Crippen LogP contribution is -2.34. The molecule has 1 aromatic carbocycles. The first-order chi connectivity index (χ1) is 16.1. The van der Waals surface area contributed by atoms with E-state index in [4.69, 9.17) is 4.74 Å². The third kappa shape index (κ3) is 6.29. The number of benzene rings is 1. The molecule has 7 nitrogen and oxygen atoms in total. The first-order valence-electron chi connectivity index (χ1n) is 10.5. The second kappa shape index (κ2) is 9.67. The minimum atomic E-state index is -3.59. The molecule has 0 radical (unpaired) electrons. The average molecular weight is 508 g/mol. The van der Waals surface area contributed by atoms with Crippen molar-refractivity contribution in [1.82, 2.24) is 15.3 Å². The van der Waals surface area contributed by atoms with Gasteiger partial charge in [-0.1, -0.05) is 24.3 Å². The standard InChI is InChI=1S/C23H23F2N3O4S2/c1-23(24,25)20-11-19(32-17-5-3-2-4-6-17)21(33-20)22(29)28-18(15-7-8-15)9-10-34(30,31)13-16-12-26-14-27-16/h2-6,9-12,14-15,18H,7-8,13H2,1H3,(H,26,27)(H,28,29)/b10-9+/t18-/m1/s1. The number of carbonyl (C=O) groups is 1. The van der Waals surface area contributed by atoms with Gasteiger partial charge in [-0.2, -0.15) is 0 Å². The van der Waals surface area contributed by atoms with Gasteiger partial charge < -0.3 is 15.0 Å². The number of alkyl halides is 2. The summed E-state index contributed by atoms with van der Waals surface area (Å²) >= 11 is 0.654. The highest BCUT2D eigenvalue weighted by Crippen LogP contribution is 2.41. The molecule has 2 heterocycles. The van der Waals surface area contributed by atoms with Gasteiger partial charge in [-0.15, -0.1) is 11.3 Å². The van der Waals surface area contributed by atoms with E-state index < -0.39 is 27.7 Å². The summed E-state index contributed by atoms with van der Waals surface area (Å²) in [6, 6.07) is 9.17. The largest absolute Gasteiger partial charge is 0.456 e. The van der Waals surface area contributed by atoms with E-state index in [-0.39, 0.29) is 27.2 Å². The second-order valence-corrected chi connectivity index (χ2v) is 11.1. The van der Waals surface area contributed by atoms with Crippen LogP contribution in [0.5, 0.6) is 11.5 Å². The molecule has 2 aromatic heterocycles. The molecule has 0 spiro atoms. The van der Waals surface area contributed by atoms with Crippen LogP contribution in [0.3, 0.4) is 0 Å². The van der Waals surface area contributed by atoms with Crippen LogP contribution in [0.2, 0.25) is 0 Å². The molecular formula is C23H23F2N3O4S2. The van der Waals surface area contributed by atoms with E-state index in [1.165, 1.54) is 24.7 Å². The van der Waals surface area contributed by atoms with Crippen LogP contribution in [0.1, 0.15) is 40.0 Å². The van der Waals surface area contributed by atoms with Gasteiger partial charge in [0.05, 0.1) is 28.7 Å². The van der Waals surface area contributed by atoms with Crippen LogP contribution in [0.15, 0.2) is 60.4 Å². The van der Waals surface area contributed by atoms with Crippen molar-refractivity contribution in [2.45, 2.75) is 37.5 Å². The molecule has 4 rings (SSSR count). The van der Waals surface area contributed by atoms with E-state index in [1.54, 1.807) is 30.3 Å². The number of imidazole rings is 1. The van der Waals surface area contributed by atoms with Gasteiger partial charge in [0.2, 0.25) is 0 Å². The van der Waals surface area contributed by atoms with Gasteiger partial charge in [-0.3, -0.25) is 4.79 Å². The van der Waals surface area contributed by atoms with Crippen molar-refractivity contribution in [3.05, 3.63) is 75.9 Å². The normalized spacial score (nSPS) is 15.4. The zero-order valence-corrected chi connectivity index (χ0v) is 19.8. The average Bonchev–Trinajstić information content (AvgIpc) is 3.32. The highest BCUT2D eigenvalue weighted by atomic mass is 32.2. The van der Waals surface area contributed by atoms with Gasteiger partial charge in [0, 0.05) is 24.6 Å². The maximum atomic E-state index is 14.0. The third-order valence-electron chi connectivity index (χ3n) is 5.14. The van der Waals surface area contributed by atoms with Crippen molar-refractivity contribution in [3.63, 3.8) is 0 Å². The summed E-state index contributed by atoms with van der Waals surface area (Å²) in [7, 11) is -3.59. The number of halogens is 2. The number of aromatic nitrogens is 2. The molecule has 180 valence electrons. The molecule has 3 aromatic rings. The zero-order chi connectivity index (χ0) is 24.3. The topological polar surface area (TPSA) is 101 Å². The Hall–Kier alpha value is -3.05. The van der Waals surface area contributed by atoms with Crippen molar-refractivity contribution >= 4 is 27.1 Å². The Balaban J connectivity index is 1.54. The Morgan fingerprint density at radius 1 is 1.35 bits per heavy atom. The van der Waals surface area contributed by atoms with Gasteiger partial charge in [-0.05, 0) is 30.9 Å². The molecule has 1 fully saturated rings. The van der Waals surface area contributed by atoms with E-state index >= 15 is 0 Å². The number of amides is 1. The van der Waals surface area contributed by atoms with Gasteiger partial charge in [0.25, 0.3) is 11.8 Å². The highest BCUT2D eigenvalue weighted by molar-refractivity contribution is 7.93. The van der Waals surface area contributed by atoms with Gasteiger partial charge in [-0.25, -0.2) is 22.2 Å². The van der Waals surface area contributed by atoms with Crippen LogP contribution in [-0.4, -0.2) is 30.3 Å². The quantitative estimate of drug-likeness (QED) is 0.402. The number of thiophene rings is 1. The Labute approximate surface area is 199 Å². The predicted octanol–water partition coefficient (Wildman–Crippen LogP) is 5.01. The third-order valence-corrected chi connectivity index (χ3v) is 7.71. The zero-order valence-electron chi connectivity index (χ0n) is 18.2. The molecular weight excluding hydrogens is 484 g/mol. The van der Waals surface area contributed by atoms with E-state index in [1.807, 2.05) is 0 Å². The summed E-state index contributed by atoms with van der Waals surface area (Å²) in [5.74, 6) is -3.48. The van der Waals surface area contributed by atoms with Gasteiger partial charge in [0.15, 0.2) is 15.6 Å². The Morgan fingerprint density at radius 3 is 2.71 bits per heavy atom. The van der Waals surface area contributed by atoms with Crippen molar-refractivity contribution in [3.8, 4) is 11.5 Å². The van der Waals surface area contributed by atoms with Crippen LogP contribution >= 0.6 is 11.3 Å². The lowest BCUT2D eigenvalue weighted by molar-refractivity contribution is 0.0214. The second-order valence-electron chi connectivity index (χ2n) is 8.16. The predicted molar refractivity (Wildman–Crippen MR) is 125 cm³/mol. The molecule has 11 heteroatoms. The fourth-order valence-electron chi connectivity index (χ4n) is 3.27. The Bertz CT molecular complexity index is 1260. The number of carbonyl (C=O) groups excluding carboxylic acids is 1. The number of hydrogen-bond acceptors (Lipinski definition) is 6. The van der Waals surface area contributed by atoms with Crippen LogP contribution in [0, 0.1) is 5.92 Å². The summed E-state index contributed by atoms with van der Waals surface area (Å²) in [6.45, 7) is 0.757. The molecule has 0 aliphatic heterocycles. The Morgan fingerprint density at radius 2 is 2.09 bits per heavy atom. The fourth-order valence-corrected chi connectivity index (χ4v) is 5.28. The number of rotatable bonds is 10. The minimum absolute atomic E-state index is 0.000236. The molecule has 34 heavy (non-hydrogen) atoms. The molecule has 1 aliphatic rings. The summed E-state index contributed by atoms with van der Waals surface area (Å²) in [4.78, 5) is 19.3. The Kier molecular flexibility index (Phi) is 6.85. The molecule has 0 unspecified atom stereocenters. The first-order valence-corrected chi connectivity index (χ1v) is 13.1. The van der Waals surface area contributed by atoms with Crippen LogP contribution in [-0.2, 0) is 21.5 Å². The maximum Gasteiger partial charge on any atom is 0.279 e. The van der Waals surface area contributed by atoms with Crippen molar-refractivity contribution in [2.75, 3.05) is 0 Å².